The van der Waals surface area contributed by atoms with Crippen LogP contribution in [0, 0.1) is 15.9 Å². The predicted octanol–water partition coefficient (Wildman–Crippen LogP) is 2.03. The van der Waals surface area contributed by atoms with Gasteiger partial charge in [-0.15, -0.1) is 0 Å². The fourth-order valence-corrected chi connectivity index (χ4v) is 1.72. The lowest BCUT2D eigenvalue weighted by Crippen LogP contribution is -2.38. The maximum Gasteiger partial charge on any atom is 0.326 e. The van der Waals surface area contributed by atoms with Gasteiger partial charge < -0.3 is 10.0 Å². The number of hydrogen-bond acceptors (Lipinski definition) is 4. The highest BCUT2D eigenvalue weighted by molar-refractivity contribution is 5.79. The molecule has 1 N–H and O–H groups in total. The summed E-state index contributed by atoms with van der Waals surface area (Å²) in [6.07, 6.45) is 0.278. The number of nitro groups is 1. The number of nitrogens with zero attached hydrogens (tertiary/aromatic N) is 2. The molecule has 0 aliphatic heterocycles. The highest BCUT2D eigenvalue weighted by atomic mass is 19.1. The van der Waals surface area contributed by atoms with Crippen molar-refractivity contribution < 1.29 is 19.2 Å². The van der Waals surface area contributed by atoms with E-state index in [-0.39, 0.29) is 12.1 Å². The van der Waals surface area contributed by atoms with Gasteiger partial charge in [-0.2, -0.15) is 0 Å². The molecule has 98 valence electrons. The van der Waals surface area contributed by atoms with Gasteiger partial charge in [-0.25, -0.2) is 9.18 Å². The van der Waals surface area contributed by atoms with Gasteiger partial charge in [0.15, 0.2) is 0 Å². The number of carboxylic acids is 1. The third-order valence-electron chi connectivity index (χ3n) is 2.65. The molecule has 0 saturated carbocycles. The largest absolute Gasteiger partial charge is 0.480 e. The number of aliphatic carboxylic acids is 1. The molecule has 6 nitrogen and oxygen atoms in total. The lowest BCUT2D eigenvalue weighted by atomic mass is 10.1. The van der Waals surface area contributed by atoms with E-state index in [2.05, 4.69) is 0 Å². The van der Waals surface area contributed by atoms with Crippen LogP contribution in [0.25, 0.3) is 0 Å². The Bertz CT molecular complexity index is 478. The molecule has 1 atom stereocenters. The second kappa shape index (κ2) is 5.44. The van der Waals surface area contributed by atoms with Gasteiger partial charge >= 0.3 is 5.97 Å². The standard InChI is InChI=1S/C11H13FN2O4/c1-3-8(11(15)16)13(2)9-5-4-7(12)6-10(9)14(17)18/h4-6,8H,3H2,1-2H3,(H,15,16). The molecular formula is C11H13FN2O4. The van der Waals surface area contributed by atoms with Crippen molar-refractivity contribution >= 4 is 17.3 Å². The summed E-state index contributed by atoms with van der Waals surface area (Å²) < 4.78 is 13.0. The smallest absolute Gasteiger partial charge is 0.326 e. The molecular weight excluding hydrogens is 243 g/mol. The molecule has 0 aromatic heterocycles. The molecule has 1 aromatic carbocycles. The van der Waals surface area contributed by atoms with E-state index >= 15 is 0 Å². The van der Waals surface area contributed by atoms with E-state index in [4.69, 9.17) is 5.11 Å². The summed E-state index contributed by atoms with van der Waals surface area (Å²) in [5, 5.41) is 19.8. The van der Waals surface area contributed by atoms with Gasteiger partial charge in [-0.1, -0.05) is 6.92 Å². The summed E-state index contributed by atoms with van der Waals surface area (Å²) in [6.45, 7) is 1.66. The Balaban J connectivity index is 3.23. The number of hydrogen-bond donors (Lipinski definition) is 1. The molecule has 0 saturated heterocycles. The Morgan fingerprint density at radius 3 is 2.67 bits per heavy atom. The maximum atomic E-state index is 13.0. The number of halogens is 1. The highest BCUT2D eigenvalue weighted by Gasteiger charge is 2.26. The number of likely N-dealkylation sites (N-methyl/N-ethyl adjacent to an activating group) is 1. The summed E-state index contributed by atoms with van der Waals surface area (Å²) in [5.74, 6) is -1.82. The SMILES string of the molecule is CCC(C(=O)O)N(C)c1ccc(F)cc1[N+](=O)[O-]. The Morgan fingerprint density at radius 1 is 1.61 bits per heavy atom. The molecule has 0 aliphatic carbocycles. The minimum absolute atomic E-state index is 0.0793. The fourth-order valence-electron chi connectivity index (χ4n) is 1.72. The summed E-state index contributed by atoms with van der Waals surface area (Å²) in [7, 11) is 1.43. The Hall–Kier alpha value is -2.18. The average molecular weight is 256 g/mol. The highest BCUT2D eigenvalue weighted by Crippen LogP contribution is 2.29. The molecule has 0 heterocycles. The van der Waals surface area contributed by atoms with Crippen LogP contribution in [0.2, 0.25) is 0 Å². The molecule has 1 unspecified atom stereocenters. The molecule has 1 aromatic rings. The minimum Gasteiger partial charge on any atom is -0.480 e. The molecule has 0 bridgehead atoms. The van der Waals surface area contributed by atoms with Crippen molar-refractivity contribution in [1.82, 2.24) is 0 Å². The summed E-state index contributed by atoms with van der Waals surface area (Å²) in [5.41, 5.74) is -0.368. The number of rotatable bonds is 5. The second-order valence-corrected chi connectivity index (χ2v) is 3.76. The second-order valence-electron chi connectivity index (χ2n) is 3.76. The predicted molar refractivity (Wildman–Crippen MR) is 63.2 cm³/mol. The number of carboxylic acid groups (broad SMARTS) is 1. The number of nitro benzene ring substituents is 1. The topological polar surface area (TPSA) is 83.7 Å². The summed E-state index contributed by atoms with van der Waals surface area (Å²) >= 11 is 0. The summed E-state index contributed by atoms with van der Waals surface area (Å²) in [6, 6.07) is 2.15. The van der Waals surface area contributed by atoms with Crippen LogP contribution in [0.1, 0.15) is 13.3 Å². The first-order chi connectivity index (χ1) is 8.38. The van der Waals surface area contributed by atoms with Gasteiger partial charge in [0.25, 0.3) is 5.69 Å². The van der Waals surface area contributed by atoms with Gasteiger partial charge in [0.1, 0.15) is 17.5 Å². The molecule has 0 spiro atoms. The van der Waals surface area contributed by atoms with Gasteiger partial charge in [-0.3, -0.25) is 10.1 Å². The van der Waals surface area contributed by atoms with Crippen LogP contribution in [0.4, 0.5) is 15.8 Å². The number of benzene rings is 1. The van der Waals surface area contributed by atoms with Crippen LogP contribution in [0.3, 0.4) is 0 Å². The number of carbonyl (C=O) groups is 1. The van der Waals surface area contributed by atoms with Gasteiger partial charge in [0.05, 0.1) is 11.0 Å². The minimum atomic E-state index is -1.08. The fraction of sp³-hybridized carbons (Fsp3) is 0.364. The van der Waals surface area contributed by atoms with Crippen LogP contribution in [0.5, 0.6) is 0 Å². The monoisotopic (exact) mass is 256 g/mol. The van der Waals surface area contributed by atoms with Crippen molar-refractivity contribution in [2.75, 3.05) is 11.9 Å². The van der Waals surface area contributed by atoms with Crippen LogP contribution in [0.15, 0.2) is 18.2 Å². The van der Waals surface area contributed by atoms with Crippen molar-refractivity contribution in [3.63, 3.8) is 0 Å². The third kappa shape index (κ3) is 2.73. The van der Waals surface area contributed by atoms with E-state index in [1.54, 1.807) is 6.92 Å². The molecule has 18 heavy (non-hydrogen) atoms. The first-order valence-electron chi connectivity index (χ1n) is 5.28. The quantitative estimate of drug-likeness (QED) is 0.643. The van der Waals surface area contributed by atoms with Crippen LogP contribution in [-0.2, 0) is 4.79 Å². The van der Waals surface area contributed by atoms with Crippen molar-refractivity contribution in [2.45, 2.75) is 19.4 Å². The van der Waals surface area contributed by atoms with E-state index in [1.807, 2.05) is 0 Å². The van der Waals surface area contributed by atoms with Gasteiger partial charge in [0, 0.05) is 7.05 Å². The van der Waals surface area contributed by atoms with E-state index in [9.17, 15) is 19.3 Å². The maximum absolute atomic E-state index is 13.0. The average Bonchev–Trinajstić information content (AvgIpc) is 2.28. The van der Waals surface area contributed by atoms with E-state index in [0.29, 0.717) is 0 Å². The zero-order chi connectivity index (χ0) is 13.9. The third-order valence-corrected chi connectivity index (χ3v) is 2.65. The summed E-state index contributed by atoms with van der Waals surface area (Å²) in [4.78, 5) is 22.4. The van der Waals surface area contributed by atoms with Crippen molar-refractivity contribution in [1.29, 1.82) is 0 Å². The van der Waals surface area contributed by atoms with Crippen LogP contribution in [-0.4, -0.2) is 29.1 Å². The van der Waals surface area contributed by atoms with Crippen molar-refractivity contribution in [3.8, 4) is 0 Å². The Kier molecular flexibility index (Phi) is 4.19. The van der Waals surface area contributed by atoms with Crippen molar-refractivity contribution in [3.05, 3.63) is 34.1 Å². The first-order valence-corrected chi connectivity index (χ1v) is 5.28. The van der Waals surface area contributed by atoms with E-state index < -0.39 is 28.4 Å². The van der Waals surface area contributed by atoms with Crippen LogP contribution < -0.4 is 4.90 Å². The van der Waals surface area contributed by atoms with Gasteiger partial charge in [-0.05, 0) is 18.6 Å². The molecule has 0 fully saturated rings. The van der Waals surface area contributed by atoms with E-state index in [1.165, 1.54) is 18.0 Å². The molecule has 0 amide bonds. The Labute approximate surface area is 103 Å². The zero-order valence-corrected chi connectivity index (χ0v) is 9.96. The van der Waals surface area contributed by atoms with E-state index in [0.717, 1.165) is 12.1 Å². The molecule has 0 radical (unpaired) electrons. The zero-order valence-electron chi connectivity index (χ0n) is 9.96. The lowest BCUT2D eigenvalue weighted by Gasteiger charge is -2.25. The Morgan fingerprint density at radius 2 is 2.22 bits per heavy atom. The van der Waals surface area contributed by atoms with Gasteiger partial charge in [0.2, 0.25) is 0 Å². The first kappa shape index (κ1) is 13.9. The molecule has 7 heteroatoms. The molecule has 1 rings (SSSR count). The normalized spacial score (nSPS) is 11.9. The lowest BCUT2D eigenvalue weighted by molar-refractivity contribution is -0.384. The van der Waals surface area contributed by atoms with Crippen molar-refractivity contribution in [2.24, 2.45) is 0 Å². The number of anilines is 1. The van der Waals surface area contributed by atoms with Crippen LogP contribution >= 0.6 is 0 Å². The molecule has 0 aliphatic rings.